The van der Waals surface area contributed by atoms with Crippen LogP contribution >= 0.6 is 11.6 Å². The Bertz CT molecular complexity index is 1090. The first kappa shape index (κ1) is 17.0. The molecule has 1 amide bonds. The fraction of sp³-hybridized carbons (Fsp3) is 0. The van der Waals surface area contributed by atoms with E-state index in [1.807, 2.05) is 54.6 Å². The van der Waals surface area contributed by atoms with Crippen molar-refractivity contribution < 1.29 is 9.32 Å². The first-order valence-corrected chi connectivity index (χ1v) is 8.64. The van der Waals surface area contributed by atoms with E-state index in [-0.39, 0.29) is 11.8 Å². The van der Waals surface area contributed by atoms with Gasteiger partial charge in [0.25, 0.3) is 11.8 Å². The fourth-order valence-electron chi connectivity index (χ4n) is 2.67. The Morgan fingerprint density at radius 2 is 1.52 bits per heavy atom. The highest BCUT2D eigenvalue weighted by Gasteiger charge is 2.19. The van der Waals surface area contributed by atoms with E-state index in [2.05, 4.69) is 15.5 Å². The monoisotopic (exact) mass is 375 g/mol. The van der Waals surface area contributed by atoms with Crippen molar-refractivity contribution in [1.82, 2.24) is 10.1 Å². The number of para-hydroxylation sites is 1. The summed E-state index contributed by atoms with van der Waals surface area (Å²) in [7, 11) is 0. The predicted octanol–water partition coefficient (Wildman–Crippen LogP) is 5.31. The van der Waals surface area contributed by atoms with E-state index < -0.39 is 0 Å². The molecule has 0 atom stereocenters. The SMILES string of the molecule is O=C(Nc1ccccc1)c1ccccc1-c1nc(-c2ccccc2Cl)no1. The highest BCUT2D eigenvalue weighted by atomic mass is 35.5. The third kappa shape index (κ3) is 3.59. The number of nitrogens with zero attached hydrogens (tertiary/aromatic N) is 2. The maximum Gasteiger partial charge on any atom is 0.259 e. The molecule has 0 aliphatic heterocycles. The van der Waals surface area contributed by atoms with Crippen molar-refractivity contribution in [3.8, 4) is 22.8 Å². The predicted molar refractivity (Wildman–Crippen MR) is 105 cm³/mol. The van der Waals surface area contributed by atoms with Crippen molar-refractivity contribution >= 4 is 23.2 Å². The topological polar surface area (TPSA) is 68.0 Å². The molecule has 6 heteroatoms. The zero-order valence-corrected chi connectivity index (χ0v) is 14.9. The highest BCUT2D eigenvalue weighted by molar-refractivity contribution is 6.33. The first-order chi connectivity index (χ1) is 13.2. The van der Waals surface area contributed by atoms with E-state index in [4.69, 9.17) is 16.1 Å². The summed E-state index contributed by atoms with van der Waals surface area (Å²) >= 11 is 6.20. The van der Waals surface area contributed by atoms with Gasteiger partial charge in [-0.1, -0.05) is 59.2 Å². The molecule has 0 saturated carbocycles. The number of hydrogen-bond donors (Lipinski definition) is 1. The van der Waals surface area contributed by atoms with Gasteiger partial charge < -0.3 is 9.84 Å². The number of benzene rings is 3. The second-order valence-corrected chi connectivity index (χ2v) is 6.18. The molecule has 4 aromatic rings. The Labute approximate surface area is 160 Å². The number of rotatable bonds is 4. The van der Waals surface area contributed by atoms with Crippen LogP contribution in [0.1, 0.15) is 10.4 Å². The molecule has 4 rings (SSSR count). The third-order valence-electron chi connectivity index (χ3n) is 3.97. The molecule has 1 N–H and O–H groups in total. The van der Waals surface area contributed by atoms with Crippen LogP contribution in [0, 0.1) is 0 Å². The number of amides is 1. The maximum absolute atomic E-state index is 12.7. The summed E-state index contributed by atoms with van der Waals surface area (Å²) in [6, 6.07) is 23.6. The molecule has 0 bridgehead atoms. The molecule has 0 radical (unpaired) electrons. The number of carbonyl (C=O) groups is 1. The molecular weight excluding hydrogens is 362 g/mol. The van der Waals surface area contributed by atoms with Crippen molar-refractivity contribution in [2.24, 2.45) is 0 Å². The second-order valence-electron chi connectivity index (χ2n) is 5.77. The number of anilines is 1. The lowest BCUT2D eigenvalue weighted by atomic mass is 10.1. The van der Waals surface area contributed by atoms with Gasteiger partial charge in [0.15, 0.2) is 0 Å². The van der Waals surface area contributed by atoms with Crippen molar-refractivity contribution in [3.05, 3.63) is 89.4 Å². The van der Waals surface area contributed by atoms with E-state index in [1.165, 1.54) is 0 Å². The van der Waals surface area contributed by atoms with Gasteiger partial charge >= 0.3 is 0 Å². The Kier molecular flexibility index (Phi) is 4.68. The summed E-state index contributed by atoms with van der Waals surface area (Å²) in [5, 5.41) is 7.40. The molecule has 1 aromatic heterocycles. The van der Waals surface area contributed by atoms with E-state index in [0.29, 0.717) is 33.2 Å². The zero-order valence-electron chi connectivity index (χ0n) is 14.1. The zero-order chi connectivity index (χ0) is 18.6. The van der Waals surface area contributed by atoms with Crippen LogP contribution in [0.4, 0.5) is 5.69 Å². The molecule has 0 spiro atoms. The number of hydrogen-bond acceptors (Lipinski definition) is 4. The fourth-order valence-corrected chi connectivity index (χ4v) is 2.89. The van der Waals surface area contributed by atoms with Gasteiger partial charge in [0.2, 0.25) is 5.82 Å². The van der Waals surface area contributed by atoms with Crippen molar-refractivity contribution in [1.29, 1.82) is 0 Å². The Morgan fingerprint density at radius 1 is 0.852 bits per heavy atom. The largest absolute Gasteiger partial charge is 0.334 e. The van der Waals surface area contributed by atoms with Gasteiger partial charge in [-0.05, 0) is 36.4 Å². The van der Waals surface area contributed by atoms with E-state index >= 15 is 0 Å². The van der Waals surface area contributed by atoms with Gasteiger partial charge in [0.05, 0.1) is 16.1 Å². The molecule has 27 heavy (non-hydrogen) atoms. The molecule has 3 aromatic carbocycles. The van der Waals surface area contributed by atoms with E-state index in [1.54, 1.807) is 24.3 Å². The number of aromatic nitrogens is 2. The van der Waals surface area contributed by atoms with Crippen molar-refractivity contribution in [2.45, 2.75) is 0 Å². The quantitative estimate of drug-likeness (QED) is 0.525. The second kappa shape index (κ2) is 7.43. The molecule has 0 fully saturated rings. The molecule has 1 heterocycles. The normalized spacial score (nSPS) is 10.6. The minimum absolute atomic E-state index is 0.253. The summed E-state index contributed by atoms with van der Waals surface area (Å²) in [4.78, 5) is 17.1. The van der Waals surface area contributed by atoms with E-state index in [0.717, 1.165) is 0 Å². The standard InChI is InChI=1S/C21H14ClN3O2/c22-18-13-7-6-12-17(18)19-24-21(27-25-19)16-11-5-4-10-15(16)20(26)23-14-8-2-1-3-9-14/h1-13H,(H,23,26). The molecule has 0 aliphatic rings. The van der Waals surface area contributed by atoms with Gasteiger partial charge in [0, 0.05) is 11.3 Å². The minimum Gasteiger partial charge on any atom is -0.334 e. The van der Waals surface area contributed by atoms with Gasteiger partial charge in [0.1, 0.15) is 0 Å². The maximum atomic E-state index is 12.7. The Balaban J connectivity index is 1.68. The summed E-state index contributed by atoms with van der Waals surface area (Å²) in [6.45, 7) is 0. The van der Waals surface area contributed by atoms with Crippen LogP contribution in [0.25, 0.3) is 22.8 Å². The van der Waals surface area contributed by atoms with Crippen molar-refractivity contribution in [3.63, 3.8) is 0 Å². The van der Waals surface area contributed by atoms with Crippen molar-refractivity contribution in [2.75, 3.05) is 5.32 Å². The summed E-state index contributed by atoms with van der Waals surface area (Å²) in [6.07, 6.45) is 0. The lowest BCUT2D eigenvalue weighted by Gasteiger charge is -2.07. The van der Waals surface area contributed by atoms with Crippen LogP contribution in [0.2, 0.25) is 5.02 Å². The lowest BCUT2D eigenvalue weighted by Crippen LogP contribution is -2.13. The molecule has 0 unspecified atom stereocenters. The van der Waals surface area contributed by atoms with Gasteiger partial charge in [-0.25, -0.2) is 0 Å². The number of nitrogens with one attached hydrogen (secondary N) is 1. The smallest absolute Gasteiger partial charge is 0.259 e. The third-order valence-corrected chi connectivity index (χ3v) is 4.30. The van der Waals surface area contributed by atoms with Gasteiger partial charge in [-0.3, -0.25) is 4.79 Å². The summed E-state index contributed by atoms with van der Waals surface area (Å²) < 4.78 is 5.40. The average Bonchev–Trinajstić information content (AvgIpc) is 3.19. The molecule has 0 saturated heterocycles. The van der Waals surface area contributed by atoms with Crippen LogP contribution in [0.15, 0.2) is 83.4 Å². The van der Waals surface area contributed by atoms with Crippen LogP contribution in [-0.2, 0) is 0 Å². The number of carbonyl (C=O) groups excluding carboxylic acids is 1. The highest BCUT2D eigenvalue weighted by Crippen LogP contribution is 2.29. The summed E-state index contributed by atoms with van der Waals surface area (Å²) in [5.74, 6) is 0.367. The first-order valence-electron chi connectivity index (χ1n) is 8.27. The Hall–Kier alpha value is -3.44. The molecule has 5 nitrogen and oxygen atoms in total. The number of halogens is 1. The van der Waals surface area contributed by atoms with E-state index in [9.17, 15) is 4.79 Å². The summed E-state index contributed by atoms with van der Waals surface area (Å²) in [5.41, 5.74) is 2.37. The minimum atomic E-state index is -0.255. The molecule has 0 aliphatic carbocycles. The van der Waals surface area contributed by atoms with Gasteiger partial charge in [-0.2, -0.15) is 4.98 Å². The van der Waals surface area contributed by atoms with Crippen LogP contribution < -0.4 is 5.32 Å². The molecule has 132 valence electrons. The van der Waals surface area contributed by atoms with Crippen LogP contribution in [0.5, 0.6) is 0 Å². The van der Waals surface area contributed by atoms with Crippen LogP contribution in [-0.4, -0.2) is 16.0 Å². The average molecular weight is 376 g/mol. The van der Waals surface area contributed by atoms with Gasteiger partial charge in [-0.15, -0.1) is 0 Å². The Morgan fingerprint density at radius 3 is 2.30 bits per heavy atom. The lowest BCUT2D eigenvalue weighted by molar-refractivity contribution is 0.102. The molecular formula is C21H14ClN3O2. The van der Waals surface area contributed by atoms with Crippen LogP contribution in [0.3, 0.4) is 0 Å².